The van der Waals surface area contributed by atoms with Crippen LogP contribution in [0, 0.1) is 0 Å². The minimum absolute atomic E-state index is 0.0519. The minimum Gasteiger partial charge on any atom is -0.482 e. The lowest BCUT2D eigenvalue weighted by atomic mass is 10.1. The topological polar surface area (TPSA) is 81.4 Å². The molecule has 0 aliphatic carbocycles. The number of carbonyl (C=O) groups excluding carboxylic acids is 1. The van der Waals surface area contributed by atoms with Gasteiger partial charge in [0.25, 0.3) is 11.7 Å². The molecule has 0 atom stereocenters. The molecule has 98 valence electrons. The van der Waals surface area contributed by atoms with Crippen LogP contribution in [0.15, 0.2) is 36.8 Å². The maximum absolute atomic E-state index is 11.3. The predicted molar refractivity (Wildman–Crippen MR) is 70.3 cm³/mol. The Morgan fingerprint density at radius 1 is 1.35 bits per heavy atom. The first-order valence-electron chi connectivity index (χ1n) is 6.03. The van der Waals surface area contributed by atoms with Crippen molar-refractivity contribution < 1.29 is 9.53 Å². The van der Waals surface area contributed by atoms with E-state index in [1.165, 1.54) is 0 Å². The van der Waals surface area contributed by atoms with Crippen molar-refractivity contribution >= 4 is 17.4 Å². The monoisotopic (exact) mass is 267 g/mol. The van der Waals surface area contributed by atoms with Gasteiger partial charge in [-0.25, -0.2) is 4.98 Å². The molecule has 4 rings (SSSR count). The van der Waals surface area contributed by atoms with Crippen molar-refractivity contribution in [3.8, 4) is 17.0 Å². The van der Waals surface area contributed by atoms with E-state index in [1.54, 1.807) is 16.8 Å². The highest BCUT2D eigenvalue weighted by Gasteiger charge is 2.17. The average molecular weight is 267 g/mol. The van der Waals surface area contributed by atoms with E-state index in [9.17, 15) is 4.79 Å². The van der Waals surface area contributed by atoms with E-state index in [-0.39, 0.29) is 12.5 Å². The van der Waals surface area contributed by atoms with Crippen LogP contribution >= 0.6 is 0 Å². The summed E-state index contributed by atoms with van der Waals surface area (Å²) in [6.07, 6.45) is 5.23. The van der Waals surface area contributed by atoms with Gasteiger partial charge in [-0.1, -0.05) is 0 Å². The van der Waals surface area contributed by atoms with Gasteiger partial charge in [0, 0.05) is 18.0 Å². The zero-order chi connectivity index (χ0) is 13.5. The second-order valence-electron chi connectivity index (χ2n) is 4.39. The van der Waals surface area contributed by atoms with Crippen molar-refractivity contribution in [2.24, 2.45) is 0 Å². The fourth-order valence-corrected chi connectivity index (χ4v) is 2.14. The molecule has 1 aliphatic heterocycles. The van der Waals surface area contributed by atoms with Crippen LogP contribution < -0.4 is 10.1 Å². The van der Waals surface area contributed by atoms with Crippen molar-refractivity contribution in [1.29, 1.82) is 0 Å². The number of rotatable bonds is 1. The molecule has 0 radical (unpaired) electrons. The molecule has 3 aromatic rings. The van der Waals surface area contributed by atoms with Crippen molar-refractivity contribution in [2.75, 3.05) is 11.9 Å². The second-order valence-corrected chi connectivity index (χ2v) is 4.39. The Labute approximate surface area is 113 Å². The van der Waals surface area contributed by atoms with E-state index in [0.29, 0.717) is 17.2 Å². The van der Waals surface area contributed by atoms with Crippen molar-refractivity contribution in [2.45, 2.75) is 0 Å². The molecule has 1 aliphatic rings. The summed E-state index contributed by atoms with van der Waals surface area (Å²) in [6.45, 7) is 0.0519. The lowest BCUT2D eigenvalue weighted by Gasteiger charge is -2.18. The van der Waals surface area contributed by atoms with E-state index in [0.717, 1.165) is 11.3 Å². The summed E-state index contributed by atoms with van der Waals surface area (Å²) < 4.78 is 7.11. The molecule has 0 spiro atoms. The average Bonchev–Trinajstić information content (AvgIpc) is 2.90. The van der Waals surface area contributed by atoms with Gasteiger partial charge in [-0.15, -0.1) is 5.10 Å². The molecule has 20 heavy (non-hydrogen) atoms. The minimum atomic E-state index is -0.157. The summed E-state index contributed by atoms with van der Waals surface area (Å²) in [5, 5.41) is 10.5. The molecule has 0 saturated heterocycles. The number of anilines is 1. The maximum atomic E-state index is 11.3. The molecular formula is C13H9N5O2. The van der Waals surface area contributed by atoms with Crippen molar-refractivity contribution in [3.63, 3.8) is 0 Å². The predicted octanol–water partition coefficient (Wildman–Crippen LogP) is 1.12. The van der Waals surface area contributed by atoms with Crippen LogP contribution in [0.5, 0.6) is 5.75 Å². The third kappa shape index (κ3) is 1.68. The summed E-state index contributed by atoms with van der Waals surface area (Å²) in [5.74, 6) is 1.04. The summed E-state index contributed by atoms with van der Waals surface area (Å²) >= 11 is 0. The lowest BCUT2D eigenvalue weighted by Crippen LogP contribution is -2.25. The van der Waals surface area contributed by atoms with Gasteiger partial charge in [-0.05, 0) is 18.2 Å². The van der Waals surface area contributed by atoms with Crippen LogP contribution in [-0.2, 0) is 4.79 Å². The molecule has 1 amide bonds. The first-order chi connectivity index (χ1) is 9.79. The maximum Gasteiger partial charge on any atom is 0.262 e. The number of aromatic nitrogens is 4. The Bertz CT molecular complexity index is 793. The quantitative estimate of drug-likeness (QED) is 0.714. The van der Waals surface area contributed by atoms with Crippen molar-refractivity contribution in [3.05, 3.63) is 36.8 Å². The number of benzene rings is 1. The number of ether oxygens (including phenoxy) is 1. The van der Waals surface area contributed by atoms with E-state index in [4.69, 9.17) is 4.74 Å². The lowest BCUT2D eigenvalue weighted by molar-refractivity contribution is -0.118. The molecule has 7 heteroatoms. The Morgan fingerprint density at radius 2 is 2.30 bits per heavy atom. The molecule has 2 aromatic heterocycles. The van der Waals surface area contributed by atoms with Gasteiger partial charge in [0.1, 0.15) is 5.75 Å². The Hall–Kier alpha value is -2.96. The van der Waals surface area contributed by atoms with Gasteiger partial charge in [0.05, 0.1) is 17.6 Å². The highest BCUT2D eigenvalue weighted by atomic mass is 16.5. The summed E-state index contributed by atoms with van der Waals surface area (Å²) in [7, 11) is 0. The van der Waals surface area contributed by atoms with Crippen molar-refractivity contribution in [1.82, 2.24) is 19.6 Å². The van der Waals surface area contributed by atoms with Gasteiger partial charge in [0.2, 0.25) is 0 Å². The first kappa shape index (κ1) is 10.9. The number of hydrogen-bond donors (Lipinski definition) is 1. The SMILES string of the molecule is O=C1COc2ccc(-c3cn4ccnnc4n3)cc2N1. The van der Waals surface area contributed by atoms with E-state index < -0.39 is 0 Å². The molecule has 0 bridgehead atoms. The van der Waals surface area contributed by atoms with E-state index in [2.05, 4.69) is 20.5 Å². The third-order valence-corrected chi connectivity index (χ3v) is 3.06. The number of nitrogens with one attached hydrogen (secondary N) is 1. The Morgan fingerprint density at radius 3 is 3.20 bits per heavy atom. The number of nitrogens with zero attached hydrogens (tertiary/aromatic N) is 4. The molecular weight excluding hydrogens is 258 g/mol. The zero-order valence-electron chi connectivity index (χ0n) is 10.3. The van der Waals surface area contributed by atoms with Crippen LogP contribution in [0.1, 0.15) is 0 Å². The molecule has 1 aromatic carbocycles. The Kier molecular flexibility index (Phi) is 2.19. The highest BCUT2D eigenvalue weighted by molar-refractivity contribution is 5.96. The number of imidazole rings is 1. The van der Waals surface area contributed by atoms with Crippen LogP contribution in [0.25, 0.3) is 17.0 Å². The largest absolute Gasteiger partial charge is 0.482 e. The van der Waals surface area contributed by atoms with Gasteiger partial charge < -0.3 is 10.1 Å². The van der Waals surface area contributed by atoms with E-state index >= 15 is 0 Å². The summed E-state index contributed by atoms with van der Waals surface area (Å²) in [4.78, 5) is 15.7. The second kappa shape index (κ2) is 4.02. The summed E-state index contributed by atoms with van der Waals surface area (Å²) in [6, 6.07) is 5.55. The fraction of sp³-hybridized carbons (Fsp3) is 0.0769. The number of carbonyl (C=O) groups is 1. The molecule has 7 nitrogen and oxygen atoms in total. The van der Waals surface area contributed by atoms with Gasteiger partial charge in [-0.3, -0.25) is 9.20 Å². The Balaban J connectivity index is 1.82. The molecule has 3 heterocycles. The van der Waals surface area contributed by atoms with Crippen LogP contribution in [0.4, 0.5) is 5.69 Å². The molecule has 0 unspecified atom stereocenters. The fourth-order valence-electron chi connectivity index (χ4n) is 2.14. The first-order valence-corrected chi connectivity index (χ1v) is 6.03. The zero-order valence-corrected chi connectivity index (χ0v) is 10.3. The molecule has 0 fully saturated rings. The normalized spacial score (nSPS) is 13.7. The van der Waals surface area contributed by atoms with Gasteiger partial charge in [0.15, 0.2) is 6.61 Å². The number of fused-ring (bicyclic) bond motifs is 2. The smallest absolute Gasteiger partial charge is 0.262 e. The number of hydrogen-bond acceptors (Lipinski definition) is 5. The van der Waals surface area contributed by atoms with Crippen LogP contribution in [0.2, 0.25) is 0 Å². The molecule has 0 saturated carbocycles. The highest BCUT2D eigenvalue weighted by Crippen LogP contribution is 2.32. The van der Waals surface area contributed by atoms with Gasteiger partial charge >= 0.3 is 0 Å². The number of amides is 1. The third-order valence-electron chi connectivity index (χ3n) is 3.06. The van der Waals surface area contributed by atoms with Crippen LogP contribution in [-0.4, -0.2) is 32.1 Å². The molecule has 1 N–H and O–H groups in total. The van der Waals surface area contributed by atoms with Gasteiger partial charge in [-0.2, -0.15) is 5.10 Å². The van der Waals surface area contributed by atoms with Crippen LogP contribution in [0.3, 0.4) is 0 Å². The summed E-state index contributed by atoms with van der Waals surface area (Å²) in [5.41, 5.74) is 2.29. The van der Waals surface area contributed by atoms with E-state index in [1.807, 2.05) is 24.4 Å². The standard InChI is InChI=1S/C13H9N5O2/c19-12-7-20-11-2-1-8(5-9(11)15-12)10-6-18-4-3-14-17-13(18)16-10/h1-6H,7H2,(H,15,19).